The highest BCUT2D eigenvalue weighted by Gasteiger charge is 2.31. The van der Waals surface area contributed by atoms with Crippen molar-refractivity contribution in [2.24, 2.45) is 0 Å². The van der Waals surface area contributed by atoms with Crippen LogP contribution in [0.15, 0.2) is 53.4 Å². The minimum Gasteiger partial charge on any atom is -0.322 e. The average Bonchev–Trinajstić information content (AvgIpc) is 2.53. The summed E-state index contributed by atoms with van der Waals surface area (Å²) in [5.74, 6) is -0.782. The van der Waals surface area contributed by atoms with Crippen LogP contribution in [-0.4, -0.2) is 24.4 Å². The minimum atomic E-state index is -4.48. The zero-order valence-electron chi connectivity index (χ0n) is 13.4. The summed E-state index contributed by atoms with van der Waals surface area (Å²) in [4.78, 5) is 24.9. The van der Waals surface area contributed by atoms with Crippen LogP contribution >= 0.6 is 11.8 Å². The van der Waals surface area contributed by atoms with Gasteiger partial charge in [0, 0.05) is 30.2 Å². The summed E-state index contributed by atoms with van der Waals surface area (Å²) in [6.45, 7) is 1.42. The zero-order valence-corrected chi connectivity index (χ0v) is 14.2. The van der Waals surface area contributed by atoms with Gasteiger partial charge >= 0.3 is 5.51 Å². The number of carbonyl (C=O) groups excluding carboxylic acids is 2. The van der Waals surface area contributed by atoms with E-state index in [4.69, 9.17) is 0 Å². The molecule has 25 heavy (non-hydrogen) atoms. The summed E-state index contributed by atoms with van der Waals surface area (Å²) in [5, 5.41) is 2.56. The van der Waals surface area contributed by atoms with Crippen molar-refractivity contribution < 1.29 is 22.8 Å². The molecule has 2 amide bonds. The van der Waals surface area contributed by atoms with Crippen molar-refractivity contribution in [1.82, 2.24) is 0 Å². The summed E-state index contributed by atoms with van der Waals surface area (Å²) in [5.41, 5.74) is -3.49. The lowest BCUT2D eigenvalue weighted by molar-refractivity contribution is -0.116. The van der Waals surface area contributed by atoms with Crippen LogP contribution < -0.4 is 10.2 Å². The Morgan fingerprint density at radius 1 is 1.04 bits per heavy atom. The predicted molar refractivity (Wildman–Crippen MR) is 91.8 cm³/mol. The molecular weight excluding hydrogens is 353 g/mol. The fourth-order valence-corrected chi connectivity index (χ4v) is 2.68. The monoisotopic (exact) mass is 368 g/mol. The number of rotatable bonds is 4. The van der Waals surface area contributed by atoms with Gasteiger partial charge in [-0.15, -0.1) is 0 Å². The smallest absolute Gasteiger partial charge is 0.322 e. The Bertz CT molecular complexity index is 776. The van der Waals surface area contributed by atoms with E-state index in [1.807, 2.05) is 0 Å². The molecule has 0 saturated carbocycles. The van der Waals surface area contributed by atoms with Crippen LogP contribution in [0.2, 0.25) is 0 Å². The second kappa shape index (κ2) is 7.60. The molecule has 0 atom stereocenters. The Balaban J connectivity index is 2.16. The number of thioether (sulfide) groups is 1. The summed E-state index contributed by atoms with van der Waals surface area (Å²) in [7, 11) is 1.61. The molecule has 2 aromatic rings. The zero-order chi connectivity index (χ0) is 18.6. The molecule has 0 spiro atoms. The molecule has 0 bridgehead atoms. The summed E-state index contributed by atoms with van der Waals surface area (Å²) in [6, 6.07) is 11.9. The van der Waals surface area contributed by atoms with E-state index in [2.05, 4.69) is 5.32 Å². The normalized spacial score (nSPS) is 11.1. The summed E-state index contributed by atoms with van der Waals surface area (Å²) < 4.78 is 37.8. The number of nitrogens with one attached hydrogen (secondary N) is 1. The van der Waals surface area contributed by atoms with Crippen molar-refractivity contribution in [3.05, 3.63) is 54.1 Å². The van der Waals surface area contributed by atoms with Gasteiger partial charge in [-0.25, -0.2) is 0 Å². The molecule has 0 aromatic heterocycles. The summed E-state index contributed by atoms with van der Waals surface area (Å²) in [6.07, 6.45) is 0. The number of anilines is 2. The Morgan fingerprint density at radius 2 is 1.64 bits per heavy atom. The van der Waals surface area contributed by atoms with Crippen LogP contribution in [0.1, 0.15) is 17.3 Å². The Hall–Kier alpha value is -2.48. The molecule has 0 heterocycles. The van der Waals surface area contributed by atoms with Gasteiger partial charge in [0.1, 0.15) is 0 Å². The molecule has 0 aliphatic heterocycles. The molecule has 0 saturated heterocycles. The lowest BCUT2D eigenvalue weighted by atomic mass is 10.2. The van der Waals surface area contributed by atoms with Gasteiger partial charge in [0.05, 0.1) is 5.56 Å². The first-order valence-electron chi connectivity index (χ1n) is 7.18. The first kappa shape index (κ1) is 18.9. The molecule has 2 rings (SSSR count). The predicted octanol–water partition coefficient (Wildman–Crippen LogP) is 4.53. The van der Waals surface area contributed by atoms with Gasteiger partial charge in [-0.05, 0) is 48.2 Å². The van der Waals surface area contributed by atoms with Crippen LogP contribution in [0.25, 0.3) is 0 Å². The maximum absolute atomic E-state index is 12.6. The number of alkyl halides is 3. The third kappa shape index (κ3) is 5.25. The van der Waals surface area contributed by atoms with Crippen molar-refractivity contribution in [3.63, 3.8) is 0 Å². The van der Waals surface area contributed by atoms with Gasteiger partial charge in [0.15, 0.2) is 0 Å². The molecule has 0 unspecified atom stereocenters. The van der Waals surface area contributed by atoms with Crippen LogP contribution in [0.5, 0.6) is 0 Å². The standard InChI is InChI=1S/C17H15F3N2O2S/c1-11(23)22(2)13-9-7-12(8-10-13)21-16(24)14-5-3-4-6-15(14)25-17(18,19)20/h3-10H,1-2H3,(H,21,24). The van der Waals surface area contributed by atoms with Crippen LogP contribution in [0.4, 0.5) is 24.5 Å². The van der Waals surface area contributed by atoms with Crippen LogP contribution in [0, 0.1) is 0 Å². The van der Waals surface area contributed by atoms with Gasteiger partial charge in [0.2, 0.25) is 5.91 Å². The lowest BCUT2D eigenvalue weighted by Gasteiger charge is -2.15. The lowest BCUT2D eigenvalue weighted by Crippen LogP contribution is -2.22. The number of nitrogens with zero attached hydrogens (tertiary/aromatic N) is 1. The van der Waals surface area contributed by atoms with Gasteiger partial charge in [-0.2, -0.15) is 13.2 Å². The summed E-state index contributed by atoms with van der Waals surface area (Å²) >= 11 is -0.329. The quantitative estimate of drug-likeness (QED) is 0.807. The number of halogens is 3. The van der Waals surface area contributed by atoms with Crippen LogP contribution in [0.3, 0.4) is 0 Å². The average molecular weight is 368 g/mol. The largest absolute Gasteiger partial charge is 0.446 e. The van der Waals surface area contributed by atoms with Gasteiger partial charge < -0.3 is 10.2 Å². The van der Waals surface area contributed by atoms with Crippen molar-refractivity contribution in [1.29, 1.82) is 0 Å². The topological polar surface area (TPSA) is 49.4 Å². The molecule has 132 valence electrons. The highest BCUT2D eigenvalue weighted by molar-refractivity contribution is 8.00. The fraction of sp³-hybridized carbons (Fsp3) is 0.176. The molecule has 2 aromatic carbocycles. The molecule has 8 heteroatoms. The van der Waals surface area contributed by atoms with Crippen LogP contribution in [-0.2, 0) is 4.79 Å². The van der Waals surface area contributed by atoms with E-state index >= 15 is 0 Å². The van der Waals surface area contributed by atoms with Crippen molar-refractivity contribution in [2.45, 2.75) is 17.3 Å². The van der Waals surface area contributed by atoms with Crippen molar-refractivity contribution >= 4 is 35.0 Å². The molecule has 4 nitrogen and oxygen atoms in total. The maximum atomic E-state index is 12.6. The number of hydrogen-bond donors (Lipinski definition) is 1. The van der Waals surface area contributed by atoms with E-state index in [1.165, 1.54) is 36.1 Å². The molecule has 0 aliphatic carbocycles. The number of amides is 2. The first-order valence-corrected chi connectivity index (χ1v) is 7.99. The SMILES string of the molecule is CC(=O)N(C)c1ccc(NC(=O)c2ccccc2SC(F)(F)F)cc1. The van der Waals surface area contributed by atoms with Gasteiger partial charge in [0.25, 0.3) is 5.91 Å². The molecule has 1 N–H and O–H groups in total. The fourth-order valence-electron chi connectivity index (χ4n) is 2.02. The van der Waals surface area contributed by atoms with Crippen molar-refractivity contribution in [3.8, 4) is 0 Å². The van der Waals surface area contributed by atoms with E-state index in [1.54, 1.807) is 31.3 Å². The van der Waals surface area contributed by atoms with Gasteiger partial charge in [-0.3, -0.25) is 9.59 Å². The number of benzene rings is 2. The Kier molecular flexibility index (Phi) is 5.73. The molecule has 0 aliphatic rings. The third-order valence-corrected chi connectivity index (χ3v) is 4.15. The highest BCUT2D eigenvalue weighted by atomic mass is 32.2. The third-order valence-electron chi connectivity index (χ3n) is 3.34. The maximum Gasteiger partial charge on any atom is 0.446 e. The van der Waals surface area contributed by atoms with Crippen molar-refractivity contribution in [2.75, 3.05) is 17.3 Å². The van der Waals surface area contributed by atoms with E-state index < -0.39 is 11.4 Å². The Labute approximate surface area is 147 Å². The highest BCUT2D eigenvalue weighted by Crippen LogP contribution is 2.38. The first-order chi connectivity index (χ1) is 11.7. The van der Waals surface area contributed by atoms with E-state index in [0.717, 1.165) is 0 Å². The van der Waals surface area contributed by atoms with E-state index in [0.29, 0.717) is 11.4 Å². The Morgan fingerprint density at radius 3 is 2.20 bits per heavy atom. The van der Waals surface area contributed by atoms with E-state index in [9.17, 15) is 22.8 Å². The number of hydrogen-bond acceptors (Lipinski definition) is 3. The minimum absolute atomic E-state index is 0.0604. The van der Waals surface area contributed by atoms with Gasteiger partial charge in [-0.1, -0.05) is 12.1 Å². The molecular formula is C17H15F3N2O2S. The second-order valence-corrected chi connectivity index (χ2v) is 6.23. The second-order valence-electron chi connectivity index (χ2n) is 5.12. The molecule has 0 fully saturated rings. The van der Waals surface area contributed by atoms with E-state index in [-0.39, 0.29) is 28.1 Å². The number of carbonyl (C=O) groups is 2. The molecule has 0 radical (unpaired) electrons.